The Morgan fingerprint density at radius 3 is 2.19 bits per heavy atom. The monoisotopic (exact) mass is 381 g/mol. The van der Waals surface area contributed by atoms with Gasteiger partial charge in [-0.25, -0.2) is 4.79 Å². The predicted octanol–water partition coefficient (Wildman–Crippen LogP) is 5.78. The van der Waals surface area contributed by atoms with Crippen LogP contribution in [0.3, 0.4) is 0 Å². The normalized spacial score (nSPS) is 11.9. The lowest BCUT2D eigenvalue weighted by molar-refractivity contribution is -0.134. The minimum Gasteiger partial charge on any atom is -0.462 e. The number of carbonyl (C=O) groups excluding carboxylic acids is 1. The van der Waals surface area contributed by atoms with Crippen LogP contribution >= 0.6 is 11.3 Å². The average molecular weight is 381 g/mol. The maximum absolute atomic E-state index is 13.3. The molecule has 0 radical (unpaired) electrons. The zero-order valence-electron chi connectivity index (χ0n) is 14.8. The van der Waals surface area contributed by atoms with Gasteiger partial charge in [0.2, 0.25) is 0 Å². The number of hydrogen-bond donors (Lipinski definition) is 0. The number of alkyl halides is 3. The van der Waals surface area contributed by atoms with Gasteiger partial charge in [-0.05, 0) is 23.5 Å². The first kappa shape index (κ1) is 20.0. The van der Waals surface area contributed by atoms with Crippen molar-refractivity contribution in [2.75, 3.05) is 6.61 Å². The molecule has 0 N–H and O–H groups in total. The zero-order chi connectivity index (χ0) is 19.7. The quantitative estimate of drug-likeness (QED) is 0.633. The molecule has 3 nitrogen and oxygen atoms in total. The summed E-state index contributed by atoms with van der Waals surface area (Å²) in [6.45, 7) is 7.64. The van der Waals surface area contributed by atoms with E-state index in [2.05, 4.69) is 0 Å². The molecule has 0 unspecified atom stereocenters. The van der Waals surface area contributed by atoms with Crippen LogP contribution in [0.2, 0.25) is 0 Å². The van der Waals surface area contributed by atoms with Gasteiger partial charge in [-0.1, -0.05) is 45.0 Å². The van der Waals surface area contributed by atoms with Gasteiger partial charge < -0.3 is 4.74 Å². The minimum absolute atomic E-state index is 0.0243. The second-order valence-corrected chi connectivity index (χ2v) is 7.69. The van der Waals surface area contributed by atoms with Crippen LogP contribution < -0.4 is 0 Å². The Kier molecular flexibility index (Phi) is 5.47. The van der Waals surface area contributed by atoms with E-state index in [9.17, 15) is 23.2 Å². The summed E-state index contributed by atoms with van der Waals surface area (Å²) in [5.74, 6) is -0.862. The van der Waals surface area contributed by atoms with E-state index < -0.39 is 22.6 Å². The number of benzene rings is 1. The van der Waals surface area contributed by atoms with Crippen molar-refractivity contribution in [3.63, 3.8) is 0 Å². The minimum atomic E-state index is -4.72. The fourth-order valence-electron chi connectivity index (χ4n) is 2.49. The summed E-state index contributed by atoms with van der Waals surface area (Å²) in [7, 11) is 0. The number of thiophene rings is 1. The molecule has 1 aromatic heterocycles. The third kappa shape index (κ3) is 3.91. The molecule has 0 amide bonds. The molecule has 0 spiro atoms. The Morgan fingerprint density at radius 2 is 1.77 bits per heavy atom. The molecule has 0 aliphatic rings. The van der Waals surface area contributed by atoms with E-state index in [1.807, 2.05) is 20.8 Å². The number of halogens is 3. The van der Waals surface area contributed by atoms with Crippen LogP contribution in [0.25, 0.3) is 11.1 Å². The van der Waals surface area contributed by atoms with Gasteiger partial charge in [0.15, 0.2) is 0 Å². The van der Waals surface area contributed by atoms with Gasteiger partial charge in [-0.15, -0.1) is 11.3 Å². The molecule has 2 aromatic rings. The van der Waals surface area contributed by atoms with Crippen molar-refractivity contribution < 1.29 is 22.7 Å². The van der Waals surface area contributed by atoms with Crippen LogP contribution in [0.1, 0.15) is 53.4 Å². The van der Waals surface area contributed by atoms with Crippen molar-refractivity contribution in [3.05, 3.63) is 45.1 Å². The molecule has 26 heavy (non-hydrogen) atoms. The Labute approximate surface area is 154 Å². The number of carbonyl (C=O) groups is 1. The first-order valence-electron chi connectivity index (χ1n) is 7.92. The van der Waals surface area contributed by atoms with Gasteiger partial charge in [-0.2, -0.15) is 18.4 Å². The summed E-state index contributed by atoms with van der Waals surface area (Å²) in [4.78, 5) is 10.9. The van der Waals surface area contributed by atoms with E-state index >= 15 is 0 Å². The molecule has 0 bridgehead atoms. The molecule has 2 rings (SSSR count). The first-order valence-corrected chi connectivity index (χ1v) is 8.74. The topological polar surface area (TPSA) is 50.1 Å². The van der Waals surface area contributed by atoms with Gasteiger partial charge in [0, 0.05) is 5.56 Å². The molecule has 0 fully saturated rings. The first-order chi connectivity index (χ1) is 12.0. The van der Waals surface area contributed by atoms with Crippen molar-refractivity contribution in [2.24, 2.45) is 0 Å². The summed E-state index contributed by atoms with van der Waals surface area (Å²) >= 11 is 0.248. The van der Waals surface area contributed by atoms with Crippen LogP contribution in [0.4, 0.5) is 13.2 Å². The smallest absolute Gasteiger partial charge is 0.426 e. The highest BCUT2D eigenvalue weighted by Gasteiger charge is 2.40. The summed E-state index contributed by atoms with van der Waals surface area (Å²) in [5, 5.41) is 9.34. The molecule has 0 saturated heterocycles. The summed E-state index contributed by atoms with van der Waals surface area (Å²) in [6.07, 6.45) is -4.72. The van der Waals surface area contributed by atoms with E-state index in [0.717, 1.165) is 5.56 Å². The third-order valence-corrected chi connectivity index (χ3v) is 4.99. The van der Waals surface area contributed by atoms with Crippen molar-refractivity contribution in [2.45, 2.75) is 39.3 Å². The second kappa shape index (κ2) is 7.12. The molecular formula is C19H18F3NO2S. The summed E-state index contributed by atoms with van der Waals surface area (Å²) < 4.78 is 44.9. The van der Waals surface area contributed by atoms with Crippen LogP contribution in [0.5, 0.6) is 0 Å². The summed E-state index contributed by atoms with van der Waals surface area (Å²) in [5.41, 5.74) is 0.664. The van der Waals surface area contributed by atoms with Gasteiger partial charge >= 0.3 is 12.1 Å². The Bertz CT molecular complexity index is 853. The Morgan fingerprint density at radius 1 is 1.19 bits per heavy atom. The molecule has 0 atom stereocenters. The van der Waals surface area contributed by atoms with Gasteiger partial charge in [0.1, 0.15) is 15.8 Å². The van der Waals surface area contributed by atoms with Crippen molar-refractivity contribution in [1.82, 2.24) is 0 Å². The molecule has 1 aromatic carbocycles. The summed E-state index contributed by atoms with van der Waals surface area (Å²) in [6, 6.07) is 8.45. The van der Waals surface area contributed by atoms with E-state index in [4.69, 9.17) is 4.74 Å². The lowest BCUT2D eigenvalue weighted by Gasteiger charge is -2.19. The number of nitriles is 1. The lowest BCUT2D eigenvalue weighted by Crippen LogP contribution is -2.10. The van der Waals surface area contributed by atoms with E-state index in [1.165, 1.54) is 0 Å². The number of nitrogens with zero attached hydrogens (tertiary/aromatic N) is 1. The maximum atomic E-state index is 13.3. The van der Waals surface area contributed by atoms with E-state index in [1.54, 1.807) is 37.3 Å². The highest BCUT2D eigenvalue weighted by Crippen LogP contribution is 2.45. The number of hydrogen-bond acceptors (Lipinski definition) is 4. The fraction of sp³-hybridized carbons (Fsp3) is 0.368. The number of rotatable bonds is 3. The Balaban J connectivity index is 2.71. The molecule has 0 saturated carbocycles. The van der Waals surface area contributed by atoms with Crippen molar-refractivity contribution in [1.29, 1.82) is 5.26 Å². The standard InChI is InChI=1S/C19H18F3NO2S/c1-5-25-17(24)15-14(13(10-23)16(26-15)19(20,21)22)11-6-8-12(9-7-11)18(2,3)4/h6-9H,5H2,1-4H3. The van der Waals surface area contributed by atoms with Gasteiger partial charge in [-0.3, -0.25) is 0 Å². The van der Waals surface area contributed by atoms with Crippen molar-refractivity contribution >= 4 is 17.3 Å². The van der Waals surface area contributed by atoms with E-state index in [0.29, 0.717) is 5.56 Å². The average Bonchev–Trinajstić information content (AvgIpc) is 2.94. The largest absolute Gasteiger partial charge is 0.462 e. The maximum Gasteiger partial charge on any atom is 0.426 e. The van der Waals surface area contributed by atoms with E-state index in [-0.39, 0.29) is 33.8 Å². The molecule has 7 heteroatoms. The number of esters is 1. The van der Waals surface area contributed by atoms with Gasteiger partial charge in [0.05, 0.1) is 12.2 Å². The van der Waals surface area contributed by atoms with Crippen LogP contribution in [0, 0.1) is 11.3 Å². The number of ether oxygens (including phenoxy) is 1. The highest BCUT2D eigenvalue weighted by molar-refractivity contribution is 7.15. The lowest BCUT2D eigenvalue weighted by atomic mass is 9.86. The molecule has 138 valence electrons. The zero-order valence-corrected chi connectivity index (χ0v) is 15.6. The van der Waals surface area contributed by atoms with Gasteiger partial charge in [0.25, 0.3) is 0 Å². The predicted molar refractivity (Wildman–Crippen MR) is 94.1 cm³/mol. The molecule has 0 aliphatic heterocycles. The Hall–Kier alpha value is -2.33. The highest BCUT2D eigenvalue weighted by atomic mass is 32.1. The SMILES string of the molecule is CCOC(=O)c1sc(C(F)(F)F)c(C#N)c1-c1ccc(C(C)(C)C)cc1. The second-order valence-electron chi connectivity index (χ2n) is 6.67. The van der Waals surface area contributed by atoms with Crippen molar-refractivity contribution in [3.8, 4) is 17.2 Å². The molecular weight excluding hydrogens is 363 g/mol. The molecule has 0 aliphatic carbocycles. The fourth-order valence-corrected chi connectivity index (χ4v) is 3.52. The van der Waals surface area contributed by atoms with Crippen LogP contribution in [-0.4, -0.2) is 12.6 Å². The van der Waals surface area contributed by atoms with Crippen LogP contribution in [-0.2, 0) is 16.3 Å². The molecule has 1 heterocycles. The third-order valence-electron chi connectivity index (χ3n) is 3.78. The van der Waals surface area contributed by atoms with Crippen LogP contribution in [0.15, 0.2) is 24.3 Å².